The highest BCUT2D eigenvalue weighted by Gasteiger charge is 2.18. The summed E-state index contributed by atoms with van der Waals surface area (Å²) in [6.07, 6.45) is 10.2. The van der Waals surface area contributed by atoms with E-state index in [1.165, 1.54) is 32.1 Å². The molecule has 2 rings (SSSR count). The van der Waals surface area contributed by atoms with Gasteiger partial charge in [0.2, 0.25) is 5.91 Å². The maximum atomic E-state index is 12.2. The smallest absolute Gasteiger partial charge is 0.317 e. The molecular weight excluding hydrogens is 316 g/mol. The van der Waals surface area contributed by atoms with E-state index in [-0.39, 0.29) is 18.0 Å². The molecule has 0 radical (unpaired) electrons. The second-order valence-corrected chi connectivity index (χ2v) is 6.86. The number of urea groups is 1. The third kappa shape index (κ3) is 6.36. The minimum atomic E-state index is -0.155. The Kier molecular flexibility index (Phi) is 7.70. The molecule has 2 N–H and O–H groups in total. The minimum absolute atomic E-state index is 0.0606. The lowest BCUT2D eigenvalue weighted by molar-refractivity contribution is -0.122. The Bertz CT molecular complexity index is 544. The third-order valence-electron chi connectivity index (χ3n) is 4.99. The molecule has 1 aliphatic rings. The SMILES string of the molecule is C[C@@H](c1cccnc1)N(C)C(=O)NCCNC(=O)CC1CCCCC1. The van der Waals surface area contributed by atoms with Gasteiger partial charge in [-0.05, 0) is 37.3 Å². The Morgan fingerprint density at radius 2 is 1.96 bits per heavy atom. The number of aromatic nitrogens is 1. The zero-order valence-electron chi connectivity index (χ0n) is 15.3. The topological polar surface area (TPSA) is 74.3 Å². The summed E-state index contributed by atoms with van der Waals surface area (Å²) in [6.45, 7) is 2.86. The molecule has 1 aromatic rings. The van der Waals surface area contributed by atoms with Crippen LogP contribution in [0, 0.1) is 5.92 Å². The fourth-order valence-electron chi connectivity index (χ4n) is 3.24. The lowest BCUT2D eigenvalue weighted by atomic mass is 9.87. The first-order chi connectivity index (χ1) is 12.1. The summed E-state index contributed by atoms with van der Waals surface area (Å²) in [7, 11) is 1.76. The standard InChI is InChI=1S/C19H30N4O2/c1-15(17-9-6-10-20-14-17)23(2)19(25)22-12-11-21-18(24)13-16-7-4-3-5-8-16/h6,9-10,14-16H,3-5,7-8,11-13H2,1-2H3,(H,21,24)(H,22,25)/t15-/m0/s1. The third-order valence-corrected chi connectivity index (χ3v) is 4.99. The van der Waals surface area contributed by atoms with Gasteiger partial charge < -0.3 is 15.5 Å². The van der Waals surface area contributed by atoms with E-state index in [1.54, 1.807) is 24.3 Å². The normalized spacial score (nSPS) is 16.1. The van der Waals surface area contributed by atoms with Crippen molar-refractivity contribution in [3.63, 3.8) is 0 Å². The number of hydrogen-bond acceptors (Lipinski definition) is 3. The van der Waals surface area contributed by atoms with Crippen molar-refractivity contribution >= 4 is 11.9 Å². The lowest BCUT2D eigenvalue weighted by Gasteiger charge is -2.25. The Morgan fingerprint density at radius 1 is 1.24 bits per heavy atom. The van der Waals surface area contributed by atoms with E-state index in [4.69, 9.17) is 0 Å². The van der Waals surface area contributed by atoms with Gasteiger partial charge in [-0.25, -0.2) is 4.79 Å². The van der Waals surface area contributed by atoms with Gasteiger partial charge in [0.15, 0.2) is 0 Å². The van der Waals surface area contributed by atoms with Gasteiger partial charge >= 0.3 is 6.03 Å². The summed E-state index contributed by atoms with van der Waals surface area (Å²) < 4.78 is 0. The van der Waals surface area contributed by atoms with E-state index in [9.17, 15) is 9.59 Å². The van der Waals surface area contributed by atoms with E-state index in [0.717, 1.165) is 5.56 Å². The van der Waals surface area contributed by atoms with Crippen LogP contribution in [-0.2, 0) is 4.79 Å². The quantitative estimate of drug-likeness (QED) is 0.746. The molecule has 0 unspecified atom stereocenters. The van der Waals surface area contributed by atoms with Gasteiger partial charge in [-0.1, -0.05) is 25.3 Å². The van der Waals surface area contributed by atoms with Crippen LogP contribution in [-0.4, -0.2) is 42.0 Å². The van der Waals surface area contributed by atoms with Gasteiger partial charge in [0.05, 0.1) is 6.04 Å². The van der Waals surface area contributed by atoms with Crippen LogP contribution in [0.4, 0.5) is 4.79 Å². The molecule has 0 spiro atoms. The molecule has 1 fully saturated rings. The predicted octanol–water partition coefficient (Wildman–Crippen LogP) is 2.87. The van der Waals surface area contributed by atoms with Gasteiger partial charge in [0, 0.05) is 39.0 Å². The van der Waals surface area contributed by atoms with Crippen molar-refractivity contribution < 1.29 is 9.59 Å². The second-order valence-electron chi connectivity index (χ2n) is 6.86. The van der Waals surface area contributed by atoms with Crippen LogP contribution >= 0.6 is 0 Å². The van der Waals surface area contributed by atoms with Gasteiger partial charge in [-0.3, -0.25) is 9.78 Å². The van der Waals surface area contributed by atoms with Crippen molar-refractivity contribution in [1.82, 2.24) is 20.5 Å². The van der Waals surface area contributed by atoms with Crippen molar-refractivity contribution in [3.05, 3.63) is 30.1 Å². The molecule has 0 aromatic carbocycles. The van der Waals surface area contributed by atoms with Crippen LogP contribution in [0.1, 0.15) is 57.1 Å². The lowest BCUT2D eigenvalue weighted by Crippen LogP contribution is -2.42. The highest BCUT2D eigenvalue weighted by molar-refractivity contribution is 5.76. The van der Waals surface area contributed by atoms with Crippen LogP contribution in [0.25, 0.3) is 0 Å². The van der Waals surface area contributed by atoms with Crippen molar-refractivity contribution in [2.45, 2.75) is 51.5 Å². The summed E-state index contributed by atoms with van der Waals surface area (Å²) >= 11 is 0. The van der Waals surface area contributed by atoms with Gasteiger partial charge in [-0.2, -0.15) is 0 Å². The fraction of sp³-hybridized carbons (Fsp3) is 0.632. The molecule has 6 nitrogen and oxygen atoms in total. The number of carbonyl (C=O) groups excluding carboxylic acids is 2. The molecule has 3 amide bonds. The Balaban J connectivity index is 1.63. The van der Waals surface area contributed by atoms with Crippen LogP contribution < -0.4 is 10.6 Å². The number of amides is 3. The van der Waals surface area contributed by atoms with Crippen LogP contribution in [0.5, 0.6) is 0 Å². The van der Waals surface area contributed by atoms with E-state index in [2.05, 4.69) is 15.6 Å². The monoisotopic (exact) mass is 346 g/mol. The number of nitrogens with one attached hydrogen (secondary N) is 2. The Hall–Kier alpha value is -2.11. The number of pyridine rings is 1. The van der Waals surface area contributed by atoms with Gasteiger partial charge in [0.1, 0.15) is 0 Å². The van der Waals surface area contributed by atoms with E-state index in [0.29, 0.717) is 25.4 Å². The van der Waals surface area contributed by atoms with E-state index < -0.39 is 0 Å². The molecular formula is C19H30N4O2. The summed E-state index contributed by atoms with van der Waals surface area (Å²) in [4.78, 5) is 29.9. The molecule has 1 saturated carbocycles. The Morgan fingerprint density at radius 3 is 2.64 bits per heavy atom. The maximum Gasteiger partial charge on any atom is 0.317 e. The molecule has 1 aliphatic carbocycles. The largest absolute Gasteiger partial charge is 0.354 e. The fourth-order valence-corrected chi connectivity index (χ4v) is 3.24. The highest BCUT2D eigenvalue weighted by Crippen LogP contribution is 2.25. The summed E-state index contributed by atoms with van der Waals surface area (Å²) in [6, 6.07) is 3.60. The summed E-state index contributed by atoms with van der Waals surface area (Å²) in [5.41, 5.74) is 0.987. The summed E-state index contributed by atoms with van der Waals surface area (Å²) in [5.74, 6) is 0.632. The molecule has 1 aromatic heterocycles. The average Bonchev–Trinajstić information content (AvgIpc) is 2.65. The number of hydrogen-bond donors (Lipinski definition) is 2. The summed E-state index contributed by atoms with van der Waals surface area (Å²) in [5, 5.41) is 5.75. The van der Waals surface area contributed by atoms with Crippen molar-refractivity contribution in [3.8, 4) is 0 Å². The molecule has 6 heteroatoms. The van der Waals surface area contributed by atoms with E-state index >= 15 is 0 Å². The highest BCUT2D eigenvalue weighted by atomic mass is 16.2. The van der Waals surface area contributed by atoms with E-state index in [1.807, 2.05) is 19.1 Å². The van der Waals surface area contributed by atoms with Crippen molar-refractivity contribution in [1.29, 1.82) is 0 Å². The zero-order chi connectivity index (χ0) is 18.1. The van der Waals surface area contributed by atoms with Crippen LogP contribution in [0.3, 0.4) is 0 Å². The zero-order valence-corrected chi connectivity index (χ0v) is 15.3. The minimum Gasteiger partial charge on any atom is -0.354 e. The number of rotatable bonds is 7. The maximum absolute atomic E-state index is 12.2. The van der Waals surface area contributed by atoms with Crippen molar-refractivity contribution in [2.75, 3.05) is 20.1 Å². The first-order valence-corrected chi connectivity index (χ1v) is 9.25. The number of nitrogens with zero attached hydrogens (tertiary/aromatic N) is 2. The van der Waals surface area contributed by atoms with Gasteiger partial charge in [-0.15, -0.1) is 0 Å². The van der Waals surface area contributed by atoms with Crippen LogP contribution in [0.2, 0.25) is 0 Å². The molecule has 1 atom stereocenters. The molecule has 1 heterocycles. The number of carbonyl (C=O) groups is 2. The molecule has 0 bridgehead atoms. The molecule has 138 valence electrons. The molecule has 25 heavy (non-hydrogen) atoms. The first-order valence-electron chi connectivity index (χ1n) is 9.25. The Labute approximate surface area is 150 Å². The predicted molar refractivity (Wildman–Crippen MR) is 98.0 cm³/mol. The van der Waals surface area contributed by atoms with Crippen LogP contribution in [0.15, 0.2) is 24.5 Å². The molecule has 0 saturated heterocycles. The van der Waals surface area contributed by atoms with Gasteiger partial charge in [0.25, 0.3) is 0 Å². The second kappa shape index (κ2) is 10.0. The molecule has 0 aliphatic heterocycles. The van der Waals surface area contributed by atoms with Crippen molar-refractivity contribution in [2.24, 2.45) is 5.92 Å². The average molecular weight is 346 g/mol. The first kappa shape index (κ1) is 19.2.